The van der Waals surface area contributed by atoms with Crippen LogP contribution in [0.5, 0.6) is 11.5 Å². The summed E-state index contributed by atoms with van der Waals surface area (Å²) >= 11 is 5.53. The number of carbonyl (C=O) groups is 2. The number of nitrogens with one attached hydrogen (secondary N) is 2. The van der Waals surface area contributed by atoms with Crippen LogP contribution >= 0.6 is 11.6 Å². The number of anilines is 2. The second-order valence-corrected chi connectivity index (χ2v) is 6.66. The maximum absolute atomic E-state index is 14.4. The molecular weight excluding hydrogens is 456 g/mol. The van der Waals surface area contributed by atoms with Gasteiger partial charge in [0.05, 0.1) is 16.3 Å². The van der Waals surface area contributed by atoms with E-state index in [0.717, 1.165) is 12.1 Å². The minimum atomic E-state index is -4.71. The first kappa shape index (κ1) is 22.8. The van der Waals surface area contributed by atoms with E-state index in [1.165, 1.54) is 36.5 Å². The zero-order chi connectivity index (χ0) is 23.5. The van der Waals surface area contributed by atoms with Gasteiger partial charge >= 0.3 is 12.2 Å². The molecule has 0 aliphatic heterocycles. The predicted molar refractivity (Wildman–Crippen MR) is 108 cm³/mol. The van der Waals surface area contributed by atoms with Gasteiger partial charge < -0.3 is 21.1 Å². The quantitative estimate of drug-likeness (QED) is 0.434. The van der Waals surface area contributed by atoms with Crippen molar-refractivity contribution in [1.82, 2.24) is 4.98 Å². The van der Waals surface area contributed by atoms with Crippen molar-refractivity contribution in [3.63, 3.8) is 0 Å². The van der Waals surface area contributed by atoms with Gasteiger partial charge in [0.2, 0.25) is 0 Å². The van der Waals surface area contributed by atoms with E-state index in [1.807, 2.05) is 0 Å². The highest BCUT2D eigenvalue weighted by Gasteiger charge is 2.33. The minimum absolute atomic E-state index is 0.0441. The van der Waals surface area contributed by atoms with Gasteiger partial charge in [-0.05, 0) is 36.4 Å². The number of alkyl halides is 3. The molecule has 1 aromatic heterocycles. The van der Waals surface area contributed by atoms with Gasteiger partial charge in [-0.1, -0.05) is 11.6 Å². The molecule has 0 saturated carbocycles. The molecule has 2 aromatic carbocycles. The SMILES string of the molecule is NC(=O)c1cc(Oc2ccc(NC(=O)Nc3ccc(Cl)c(C(F)(F)F)c3)c(F)c2)ccn1. The van der Waals surface area contributed by atoms with Crippen molar-refractivity contribution >= 4 is 34.9 Å². The van der Waals surface area contributed by atoms with Crippen LogP contribution in [0.3, 0.4) is 0 Å². The second-order valence-electron chi connectivity index (χ2n) is 6.26. The smallest absolute Gasteiger partial charge is 0.417 e. The zero-order valence-electron chi connectivity index (χ0n) is 15.8. The van der Waals surface area contributed by atoms with E-state index in [4.69, 9.17) is 22.1 Å². The third-order valence-corrected chi connectivity index (χ3v) is 4.27. The van der Waals surface area contributed by atoms with E-state index in [9.17, 15) is 27.2 Å². The van der Waals surface area contributed by atoms with Gasteiger partial charge in [-0.25, -0.2) is 9.18 Å². The highest BCUT2D eigenvalue weighted by atomic mass is 35.5. The predicted octanol–water partition coefficient (Wildman–Crippen LogP) is 5.43. The van der Waals surface area contributed by atoms with Crippen molar-refractivity contribution in [1.29, 1.82) is 0 Å². The summed E-state index contributed by atoms with van der Waals surface area (Å²) in [5.41, 5.74) is 3.51. The van der Waals surface area contributed by atoms with Crippen LogP contribution in [0.1, 0.15) is 16.1 Å². The maximum Gasteiger partial charge on any atom is 0.417 e. The van der Waals surface area contributed by atoms with Crippen molar-refractivity contribution < 1.29 is 31.9 Å². The molecule has 3 rings (SSSR count). The lowest BCUT2D eigenvalue weighted by Gasteiger charge is -2.13. The number of aromatic nitrogens is 1. The molecule has 0 aliphatic carbocycles. The first-order valence-electron chi connectivity index (χ1n) is 8.71. The van der Waals surface area contributed by atoms with E-state index in [1.54, 1.807) is 0 Å². The molecule has 1 heterocycles. The summed E-state index contributed by atoms with van der Waals surface area (Å²) in [6.07, 6.45) is -3.42. The lowest BCUT2D eigenvalue weighted by atomic mass is 10.2. The summed E-state index contributed by atoms with van der Waals surface area (Å²) in [6.45, 7) is 0. The van der Waals surface area contributed by atoms with Crippen LogP contribution in [0.2, 0.25) is 5.02 Å². The number of amides is 3. The lowest BCUT2D eigenvalue weighted by molar-refractivity contribution is -0.137. The summed E-state index contributed by atoms with van der Waals surface area (Å²) in [7, 11) is 0. The molecular formula is C20H13ClF4N4O3. The fraction of sp³-hybridized carbons (Fsp3) is 0.0500. The number of halogens is 5. The first-order valence-corrected chi connectivity index (χ1v) is 9.09. The number of urea groups is 1. The molecule has 32 heavy (non-hydrogen) atoms. The van der Waals surface area contributed by atoms with Gasteiger partial charge in [-0.15, -0.1) is 0 Å². The summed E-state index contributed by atoms with van der Waals surface area (Å²) < 4.78 is 58.5. The third-order valence-electron chi connectivity index (χ3n) is 3.94. The molecule has 0 radical (unpaired) electrons. The van der Waals surface area contributed by atoms with E-state index in [-0.39, 0.29) is 28.6 Å². The standard InChI is InChI=1S/C20H13ClF4N4O3/c21-14-3-1-10(7-13(14)20(23,24)25)28-19(31)29-16-4-2-11(8-15(16)22)32-12-5-6-27-17(9-12)18(26)30/h1-9H,(H2,26,30)(H2,28,29,31). The Balaban J connectivity index is 1.69. The molecule has 0 spiro atoms. The molecule has 0 atom stereocenters. The Morgan fingerprint density at radius 2 is 1.72 bits per heavy atom. The van der Waals surface area contributed by atoms with E-state index in [2.05, 4.69) is 15.6 Å². The molecule has 0 saturated heterocycles. The van der Waals surface area contributed by atoms with Crippen LogP contribution in [0.15, 0.2) is 54.7 Å². The van der Waals surface area contributed by atoms with E-state index >= 15 is 0 Å². The number of benzene rings is 2. The average molecular weight is 469 g/mol. The number of nitrogens with zero attached hydrogens (tertiary/aromatic N) is 1. The molecule has 0 unspecified atom stereocenters. The van der Waals surface area contributed by atoms with Gasteiger partial charge in [0.1, 0.15) is 23.0 Å². The molecule has 166 valence electrons. The van der Waals surface area contributed by atoms with Crippen LogP contribution in [-0.2, 0) is 6.18 Å². The van der Waals surface area contributed by atoms with Gasteiger partial charge in [0, 0.05) is 24.0 Å². The number of ether oxygens (including phenoxy) is 1. The third kappa shape index (κ3) is 5.64. The number of nitrogens with two attached hydrogens (primary N) is 1. The minimum Gasteiger partial charge on any atom is -0.457 e. The number of rotatable bonds is 5. The Kier molecular flexibility index (Phi) is 6.49. The topological polar surface area (TPSA) is 106 Å². The Morgan fingerprint density at radius 1 is 1.00 bits per heavy atom. The molecule has 0 aliphatic rings. The largest absolute Gasteiger partial charge is 0.457 e. The summed E-state index contributed by atoms with van der Waals surface area (Å²) in [6, 6.07) is 7.99. The van der Waals surface area contributed by atoms with Crippen molar-refractivity contribution in [2.24, 2.45) is 5.73 Å². The van der Waals surface area contributed by atoms with Gasteiger partial charge in [-0.3, -0.25) is 9.78 Å². The molecule has 0 fully saturated rings. The molecule has 3 aromatic rings. The highest BCUT2D eigenvalue weighted by molar-refractivity contribution is 6.31. The van der Waals surface area contributed by atoms with Crippen LogP contribution in [0, 0.1) is 5.82 Å². The van der Waals surface area contributed by atoms with Crippen molar-refractivity contribution in [2.75, 3.05) is 10.6 Å². The fourth-order valence-corrected chi connectivity index (χ4v) is 2.74. The normalized spacial score (nSPS) is 11.0. The molecule has 7 nitrogen and oxygen atoms in total. The average Bonchev–Trinajstić information content (AvgIpc) is 2.71. The van der Waals surface area contributed by atoms with Crippen LogP contribution in [-0.4, -0.2) is 16.9 Å². The van der Waals surface area contributed by atoms with Crippen LogP contribution < -0.4 is 21.1 Å². The van der Waals surface area contributed by atoms with E-state index < -0.39 is 34.5 Å². The first-order chi connectivity index (χ1) is 15.0. The molecule has 3 amide bonds. The molecule has 0 bridgehead atoms. The monoisotopic (exact) mass is 468 g/mol. The van der Waals surface area contributed by atoms with Gasteiger partial charge in [0.25, 0.3) is 5.91 Å². The Morgan fingerprint density at radius 3 is 2.38 bits per heavy atom. The number of primary amides is 1. The molecule has 4 N–H and O–H groups in total. The van der Waals surface area contributed by atoms with E-state index in [0.29, 0.717) is 6.07 Å². The Labute approximate surface area is 183 Å². The van der Waals surface area contributed by atoms with Crippen molar-refractivity contribution in [3.05, 3.63) is 76.8 Å². The van der Waals surface area contributed by atoms with Gasteiger partial charge in [-0.2, -0.15) is 13.2 Å². The van der Waals surface area contributed by atoms with Gasteiger partial charge in [0.15, 0.2) is 0 Å². The van der Waals surface area contributed by atoms with Crippen molar-refractivity contribution in [3.8, 4) is 11.5 Å². The summed E-state index contributed by atoms with van der Waals surface area (Å²) in [5.74, 6) is -1.43. The van der Waals surface area contributed by atoms with Crippen LogP contribution in [0.4, 0.5) is 33.7 Å². The maximum atomic E-state index is 14.4. The summed E-state index contributed by atoms with van der Waals surface area (Å²) in [4.78, 5) is 27.0. The lowest BCUT2D eigenvalue weighted by Crippen LogP contribution is -2.20. The second kappa shape index (κ2) is 9.10. The number of hydrogen-bond acceptors (Lipinski definition) is 4. The number of carbonyl (C=O) groups excluding carboxylic acids is 2. The molecule has 12 heteroatoms. The number of pyridine rings is 1. The fourth-order valence-electron chi connectivity index (χ4n) is 2.51. The zero-order valence-corrected chi connectivity index (χ0v) is 16.6. The van der Waals surface area contributed by atoms with Crippen LogP contribution in [0.25, 0.3) is 0 Å². The highest BCUT2D eigenvalue weighted by Crippen LogP contribution is 2.36. The Bertz CT molecular complexity index is 1190. The number of hydrogen-bond donors (Lipinski definition) is 3. The van der Waals surface area contributed by atoms with Crippen molar-refractivity contribution in [2.45, 2.75) is 6.18 Å². The summed E-state index contributed by atoms with van der Waals surface area (Å²) in [5, 5.41) is 3.83. The Hall–Kier alpha value is -3.86.